The van der Waals surface area contributed by atoms with Gasteiger partial charge in [-0.2, -0.15) is 0 Å². The smallest absolute Gasteiger partial charge is 0.328 e. The van der Waals surface area contributed by atoms with Crippen LogP contribution in [0.4, 0.5) is 0 Å². The number of sulfonamides is 1. The molecule has 7 heteroatoms. The number of carboxylic acid groups (broad SMARTS) is 1. The Morgan fingerprint density at radius 3 is 2.38 bits per heavy atom. The molecule has 6 nitrogen and oxygen atoms in total. The highest BCUT2D eigenvalue weighted by molar-refractivity contribution is 7.89. The van der Waals surface area contributed by atoms with Crippen molar-refractivity contribution in [1.82, 2.24) is 4.72 Å². The van der Waals surface area contributed by atoms with Crippen LogP contribution < -0.4 is 4.72 Å². The third kappa shape index (κ3) is 4.13. The number of nitrogens with one attached hydrogen (secondary N) is 1. The lowest BCUT2D eigenvalue weighted by Crippen LogP contribution is -2.31. The highest BCUT2D eigenvalue weighted by Gasteiger charge is 2.42. The van der Waals surface area contributed by atoms with Crippen molar-refractivity contribution in [2.45, 2.75) is 17.7 Å². The van der Waals surface area contributed by atoms with Crippen LogP contribution in [0.5, 0.6) is 0 Å². The van der Waals surface area contributed by atoms with Gasteiger partial charge in [0.15, 0.2) is 0 Å². The van der Waals surface area contributed by atoms with Crippen LogP contribution in [-0.4, -0.2) is 37.8 Å². The second-order valence-electron chi connectivity index (χ2n) is 5.22. The summed E-state index contributed by atoms with van der Waals surface area (Å²) in [4.78, 5) is 10.5. The van der Waals surface area contributed by atoms with Gasteiger partial charge in [0.2, 0.25) is 10.0 Å². The van der Waals surface area contributed by atoms with Crippen LogP contribution in [-0.2, 0) is 14.8 Å². The number of hydrogen-bond acceptors (Lipinski definition) is 4. The normalized spacial score (nSPS) is 17.0. The maximum absolute atomic E-state index is 12.1. The summed E-state index contributed by atoms with van der Waals surface area (Å²) in [5, 5.41) is 17.7. The number of aliphatic hydroxyl groups excluding tert-OH is 1. The topological polar surface area (TPSA) is 104 Å². The standard InChI is InChI=1S/C14H17NO5S/c16-10-14(7-8-14)9-15-21(19,20)12-4-1-11(2-5-12)3-6-13(17)18/h1-6,15-16H,7-10H2,(H,17,18)/b6-3+. The Balaban J connectivity index is 2.04. The Morgan fingerprint density at radius 2 is 1.90 bits per heavy atom. The van der Waals surface area contributed by atoms with Gasteiger partial charge >= 0.3 is 5.97 Å². The molecule has 21 heavy (non-hydrogen) atoms. The molecule has 0 aliphatic heterocycles. The number of benzene rings is 1. The van der Waals surface area contributed by atoms with Crippen LogP contribution in [0.3, 0.4) is 0 Å². The SMILES string of the molecule is O=C(O)/C=C/c1ccc(S(=O)(=O)NCC2(CO)CC2)cc1. The minimum atomic E-state index is -3.61. The van der Waals surface area contributed by atoms with E-state index in [-0.39, 0.29) is 23.5 Å². The van der Waals surface area contributed by atoms with Crippen LogP contribution in [0.15, 0.2) is 35.2 Å². The molecule has 0 amide bonds. The van der Waals surface area contributed by atoms with E-state index in [1.165, 1.54) is 30.3 Å². The number of aliphatic carboxylic acids is 1. The van der Waals surface area contributed by atoms with Gasteiger partial charge in [-0.05, 0) is 36.6 Å². The maximum Gasteiger partial charge on any atom is 0.328 e. The van der Waals surface area contributed by atoms with Crippen molar-refractivity contribution >= 4 is 22.1 Å². The predicted molar refractivity (Wildman–Crippen MR) is 77.1 cm³/mol. The average Bonchev–Trinajstić information content (AvgIpc) is 3.24. The first kappa shape index (κ1) is 15.7. The van der Waals surface area contributed by atoms with Crippen molar-refractivity contribution in [1.29, 1.82) is 0 Å². The van der Waals surface area contributed by atoms with E-state index in [4.69, 9.17) is 5.11 Å². The van der Waals surface area contributed by atoms with Crippen LogP contribution >= 0.6 is 0 Å². The molecule has 0 bridgehead atoms. The molecule has 114 valence electrons. The molecule has 1 saturated carbocycles. The molecule has 1 aliphatic carbocycles. The van der Waals surface area contributed by atoms with Gasteiger partial charge in [0.05, 0.1) is 4.90 Å². The Bertz CT molecular complexity index is 644. The lowest BCUT2D eigenvalue weighted by atomic mass is 10.1. The quantitative estimate of drug-likeness (QED) is 0.647. The lowest BCUT2D eigenvalue weighted by molar-refractivity contribution is -0.131. The first-order valence-electron chi connectivity index (χ1n) is 6.49. The highest BCUT2D eigenvalue weighted by atomic mass is 32.2. The molecule has 1 aliphatic rings. The third-order valence-corrected chi connectivity index (χ3v) is 4.96. The molecule has 3 N–H and O–H groups in total. The summed E-state index contributed by atoms with van der Waals surface area (Å²) in [5.41, 5.74) is 0.308. The van der Waals surface area contributed by atoms with Gasteiger partial charge in [0.1, 0.15) is 0 Å². The fraction of sp³-hybridized carbons (Fsp3) is 0.357. The third-order valence-electron chi connectivity index (χ3n) is 3.54. The predicted octanol–water partition coefficient (Wildman–Crippen LogP) is 0.835. The molecular formula is C14H17NO5S. The van der Waals surface area contributed by atoms with Gasteiger partial charge in [0.25, 0.3) is 0 Å². The number of hydrogen-bond donors (Lipinski definition) is 3. The van der Waals surface area contributed by atoms with Gasteiger partial charge in [-0.3, -0.25) is 0 Å². The number of aliphatic hydroxyl groups is 1. The zero-order valence-corrected chi connectivity index (χ0v) is 12.1. The summed E-state index contributed by atoms with van der Waals surface area (Å²) in [6.45, 7) is 0.209. The molecule has 0 saturated heterocycles. The number of carbonyl (C=O) groups is 1. The summed E-state index contributed by atoms with van der Waals surface area (Å²) < 4.78 is 26.7. The summed E-state index contributed by atoms with van der Waals surface area (Å²) in [7, 11) is -3.61. The fourth-order valence-corrected chi connectivity index (χ4v) is 2.98. The van der Waals surface area contributed by atoms with Gasteiger partial charge < -0.3 is 10.2 Å². The van der Waals surface area contributed by atoms with E-state index in [9.17, 15) is 18.3 Å². The Morgan fingerprint density at radius 1 is 1.29 bits per heavy atom. The summed E-state index contributed by atoms with van der Waals surface area (Å²) >= 11 is 0. The molecule has 2 rings (SSSR count). The van der Waals surface area contributed by atoms with Crippen molar-refractivity contribution < 1.29 is 23.4 Å². The molecule has 0 aromatic heterocycles. The van der Waals surface area contributed by atoms with E-state index in [1.807, 2.05) is 0 Å². The molecule has 0 radical (unpaired) electrons. The van der Waals surface area contributed by atoms with Crippen LogP contribution in [0.1, 0.15) is 18.4 Å². The van der Waals surface area contributed by atoms with Gasteiger partial charge in [0, 0.05) is 24.6 Å². The Kier molecular flexibility index (Phi) is 4.46. The Hall–Kier alpha value is -1.70. The van der Waals surface area contributed by atoms with E-state index in [0.717, 1.165) is 18.9 Å². The molecule has 1 fully saturated rings. The molecule has 0 unspecified atom stereocenters. The van der Waals surface area contributed by atoms with Gasteiger partial charge in [-0.15, -0.1) is 0 Å². The first-order chi connectivity index (χ1) is 9.87. The minimum absolute atomic E-state index is 0.0194. The number of rotatable bonds is 7. The van der Waals surface area contributed by atoms with Crippen LogP contribution in [0.2, 0.25) is 0 Å². The zero-order chi connectivity index (χ0) is 15.5. The minimum Gasteiger partial charge on any atom is -0.478 e. The second-order valence-corrected chi connectivity index (χ2v) is 6.99. The van der Waals surface area contributed by atoms with Crippen LogP contribution in [0, 0.1) is 5.41 Å². The summed E-state index contributed by atoms with van der Waals surface area (Å²) in [5.74, 6) is -1.06. The van der Waals surface area contributed by atoms with Gasteiger partial charge in [-0.1, -0.05) is 12.1 Å². The van der Waals surface area contributed by atoms with E-state index in [0.29, 0.717) is 5.56 Å². The second kappa shape index (κ2) is 5.97. The van der Waals surface area contributed by atoms with E-state index < -0.39 is 16.0 Å². The van der Waals surface area contributed by atoms with Crippen molar-refractivity contribution in [2.24, 2.45) is 5.41 Å². The maximum atomic E-state index is 12.1. The molecule has 0 spiro atoms. The van der Waals surface area contributed by atoms with Crippen LogP contribution in [0.25, 0.3) is 6.08 Å². The monoisotopic (exact) mass is 311 g/mol. The van der Waals surface area contributed by atoms with Crippen molar-refractivity contribution in [3.05, 3.63) is 35.9 Å². The molecule has 1 aromatic carbocycles. The lowest BCUT2D eigenvalue weighted by Gasteiger charge is -2.13. The largest absolute Gasteiger partial charge is 0.478 e. The zero-order valence-electron chi connectivity index (χ0n) is 11.3. The highest BCUT2D eigenvalue weighted by Crippen LogP contribution is 2.44. The molecule has 0 heterocycles. The van der Waals surface area contributed by atoms with Crippen molar-refractivity contribution in [2.75, 3.05) is 13.2 Å². The summed E-state index contributed by atoms with van der Waals surface area (Å²) in [6.07, 6.45) is 4.02. The fourth-order valence-electron chi connectivity index (χ4n) is 1.82. The van der Waals surface area contributed by atoms with Crippen molar-refractivity contribution in [3.63, 3.8) is 0 Å². The van der Waals surface area contributed by atoms with E-state index >= 15 is 0 Å². The van der Waals surface area contributed by atoms with E-state index in [1.54, 1.807) is 0 Å². The van der Waals surface area contributed by atoms with Crippen molar-refractivity contribution in [3.8, 4) is 0 Å². The van der Waals surface area contributed by atoms with Gasteiger partial charge in [-0.25, -0.2) is 17.9 Å². The van der Waals surface area contributed by atoms with E-state index in [2.05, 4.69) is 4.72 Å². The molecular weight excluding hydrogens is 294 g/mol. The average molecular weight is 311 g/mol. The first-order valence-corrected chi connectivity index (χ1v) is 7.97. The Labute approximate surface area is 123 Å². The number of carboxylic acids is 1. The molecule has 0 atom stereocenters. The molecule has 1 aromatic rings. The summed E-state index contributed by atoms with van der Waals surface area (Å²) in [6, 6.07) is 5.91.